The molecule has 4 nitrogen and oxygen atoms in total. The standard InChI is InChI=1S/C13H18N2O2S2/c1-14-7-2-3-9-19(16,17)15-12-4-5-13-11(10-12)6-8-18-13/h4-6,8,10,14-15H,2-3,7,9H2,1H3. The maximum atomic E-state index is 11.9. The zero-order chi connectivity index (χ0) is 13.7. The highest BCUT2D eigenvalue weighted by atomic mass is 32.2. The second-order valence-electron chi connectivity index (χ2n) is 4.40. The van der Waals surface area contributed by atoms with Crippen LogP contribution in [0, 0.1) is 0 Å². The van der Waals surface area contributed by atoms with Gasteiger partial charge in [0.2, 0.25) is 10.0 Å². The van der Waals surface area contributed by atoms with Crippen molar-refractivity contribution in [3.8, 4) is 0 Å². The second-order valence-corrected chi connectivity index (χ2v) is 7.19. The van der Waals surface area contributed by atoms with Gasteiger partial charge in [0.25, 0.3) is 0 Å². The zero-order valence-corrected chi connectivity index (χ0v) is 12.5. The maximum Gasteiger partial charge on any atom is 0.232 e. The van der Waals surface area contributed by atoms with Crippen molar-refractivity contribution in [2.75, 3.05) is 24.1 Å². The van der Waals surface area contributed by atoms with E-state index in [-0.39, 0.29) is 5.75 Å². The van der Waals surface area contributed by atoms with Gasteiger partial charge in [0.05, 0.1) is 5.75 Å². The third-order valence-corrected chi connectivity index (χ3v) is 5.09. The van der Waals surface area contributed by atoms with E-state index in [1.807, 2.05) is 36.7 Å². The summed E-state index contributed by atoms with van der Waals surface area (Å²) >= 11 is 1.65. The Bertz CT molecular complexity index is 635. The van der Waals surface area contributed by atoms with Gasteiger partial charge in [-0.2, -0.15) is 0 Å². The number of benzene rings is 1. The summed E-state index contributed by atoms with van der Waals surface area (Å²) in [6.45, 7) is 0.844. The summed E-state index contributed by atoms with van der Waals surface area (Å²) in [5.74, 6) is 0.163. The van der Waals surface area contributed by atoms with Crippen LogP contribution in [-0.2, 0) is 10.0 Å². The molecule has 6 heteroatoms. The molecule has 0 aliphatic rings. The molecule has 0 fully saturated rings. The molecule has 0 saturated heterocycles. The van der Waals surface area contributed by atoms with E-state index in [0.29, 0.717) is 12.1 Å². The molecule has 1 heterocycles. The maximum absolute atomic E-state index is 11.9. The fourth-order valence-electron chi connectivity index (χ4n) is 1.85. The van der Waals surface area contributed by atoms with Crippen molar-refractivity contribution in [3.63, 3.8) is 0 Å². The minimum absolute atomic E-state index is 0.163. The van der Waals surface area contributed by atoms with Crippen LogP contribution in [-0.4, -0.2) is 27.8 Å². The van der Waals surface area contributed by atoms with Crippen molar-refractivity contribution >= 4 is 37.1 Å². The van der Waals surface area contributed by atoms with E-state index in [0.717, 1.165) is 23.1 Å². The molecule has 0 bridgehead atoms. The smallest absolute Gasteiger partial charge is 0.232 e. The van der Waals surface area contributed by atoms with Gasteiger partial charge in [-0.1, -0.05) is 0 Å². The highest BCUT2D eigenvalue weighted by molar-refractivity contribution is 7.92. The summed E-state index contributed by atoms with van der Waals surface area (Å²) in [7, 11) is -1.38. The van der Waals surface area contributed by atoms with E-state index in [4.69, 9.17) is 0 Å². The largest absolute Gasteiger partial charge is 0.320 e. The number of anilines is 1. The van der Waals surface area contributed by atoms with Gasteiger partial charge in [0.15, 0.2) is 0 Å². The molecule has 0 saturated carbocycles. The molecule has 104 valence electrons. The van der Waals surface area contributed by atoms with Gasteiger partial charge in [-0.15, -0.1) is 11.3 Å². The van der Waals surface area contributed by atoms with Crippen LogP contribution >= 0.6 is 11.3 Å². The number of hydrogen-bond acceptors (Lipinski definition) is 4. The molecule has 1 aromatic carbocycles. The van der Waals surface area contributed by atoms with Crippen LogP contribution in [0.3, 0.4) is 0 Å². The number of rotatable bonds is 7. The minimum Gasteiger partial charge on any atom is -0.320 e. The van der Waals surface area contributed by atoms with Crippen molar-refractivity contribution in [1.82, 2.24) is 5.32 Å². The molecule has 0 aliphatic carbocycles. The van der Waals surface area contributed by atoms with Gasteiger partial charge >= 0.3 is 0 Å². The molecule has 2 rings (SSSR count). The Morgan fingerprint density at radius 1 is 1.21 bits per heavy atom. The van der Waals surface area contributed by atoms with Gasteiger partial charge in [-0.3, -0.25) is 4.72 Å². The number of sulfonamides is 1. The number of hydrogen-bond donors (Lipinski definition) is 2. The van der Waals surface area contributed by atoms with Crippen molar-refractivity contribution in [2.45, 2.75) is 12.8 Å². The quantitative estimate of drug-likeness (QED) is 0.773. The normalized spacial score (nSPS) is 11.8. The Balaban J connectivity index is 1.98. The Hall–Kier alpha value is -1.11. The van der Waals surface area contributed by atoms with E-state index in [2.05, 4.69) is 10.0 Å². The zero-order valence-electron chi connectivity index (χ0n) is 10.8. The first-order chi connectivity index (χ1) is 9.11. The fourth-order valence-corrected chi connectivity index (χ4v) is 3.80. The minimum atomic E-state index is -3.24. The number of fused-ring (bicyclic) bond motifs is 1. The van der Waals surface area contributed by atoms with Crippen LogP contribution < -0.4 is 10.0 Å². The van der Waals surface area contributed by atoms with Crippen LogP contribution in [0.4, 0.5) is 5.69 Å². The monoisotopic (exact) mass is 298 g/mol. The van der Waals surface area contributed by atoms with Gasteiger partial charge in [0, 0.05) is 10.4 Å². The van der Waals surface area contributed by atoms with E-state index >= 15 is 0 Å². The molecule has 1 aromatic heterocycles. The summed E-state index contributed by atoms with van der Waals surface area (Å²) in [6.07, 6.45) is 1.53. The molecule has 0 amide bonds. The lowest BCUT2D eigenvalue weighted by Crippen LogP contribution is -2.18. The van der Waals surface area contributed by atoms with Crippen molar-refractivity contribution < 1.29 is 8.42 Å². The summed E-state index contributed by atoms with van der Waals surface area (Å²) in [6, 6.07) is 7.62. The number of nitrogens with one attached hydrogen (secondary N) is 2. The van der Waals surface area contributed by atoms with Crippen molar-refractivity contribution in [1.29, 1.82) is 0 Å². The van der Waals surface area contributed by atoms with Gasteiger partial charge in [-0.05, 0) is 61.5 Å². The summed E-state index contributed by atoms with van der Waals surface area (Å²) < 4.78 is 27.6. The Kier molecular flexibility index (Phi) is 4.79. The molecule has 2 aromatic rings. The molecule has 19 heavy (non-hydrogen) atoms. The number of unbranched alkanes of at least 4 members (excludes halogenated alkanes) is 1. The average molecular weight is 298 g/mol. The van der Waals surface area contributed by atoms with Crippen LogP contribution in [0.5, 0.6) is 0 Å². The Morgan fingerprint density at radius 2 is 2.05 bits per heavy atom. The van der Waals surface area contributed by atoms with Crippen LogP contribution in [0.1, 0.15) is 12.8 Å². The third-order valence-electron chi connectivity index (χ3n) is 2.82. The SMILES string of the molecule is CNCCCCS(=O)(=O)Nc1ccc2sccc2c1. The number of thiophene rings is 1. The first kappa shape index (κ1) is 14.3. The second kappa shape index (κ2) is 6.36. The molecule has 0 unspecified atom stereocenters. The summed E-state index contributed by atoms with van der Waals surface area (Å²) in [5, 5.41) is 6.08. The first-order valence-electron chi connectivity index (χ1n) is 6.23. The lowest BCUT2D eigenvalue weighted by atomic mass is 10.2. The predicted molar refractivity (Wildman–Crippen MR) is 82.4 cm³/mol. The molecule has 0 aliphatic heterocycles. The van der Waals surface area contributed by atoms with Gasteiger partial charge in [0.1, 0.15) is 0 Å². The van der Waals surface area contributed by atoms with E-state index in [9.17, 15) is 8.42 Å². The highest BCUT2D eigenvalue weighted by Crippen LogP contribution is 2.24. The Labute approximate surface area is 117 Å². The highest BCUT2D eigenvalue weighted by Gasteiger charge is 2.10. The van der Waals surface area contributed by atoms with E-state index in [1.54, 1.807) is 11.3 Å². The molecule has 2 N–H and O–H groups in total. The summed E-state index contributed by atoms with van der Waals surface area (Å²) in [4.78, 5) is 0. The lowest BCUT2D eigenvalue weighted by molar-refractivity contribution is 0.595. The van der Waals surface area contributed by atoms with Crippen molar-refractivity contribution in [2.24, 2.45) is 0 Å². The van der Waals surface area contributed by atoms with Crippen LogP contribution in [0.15, 0.2) is 29.6 Å². The first-order valence-corrected chi connectivity index (χ1v) is 8.76. The molecular formula is C13H18N2O2S2. The molecular weight excluding hydrogens is 280 g/mol. The van der Waals surface area contributed by atoms with E-state index < -0.39 is 10.0 Å². The average Bonchev–Trinajstić information content (AvgIpc) is 2.81. The van der Waals surface area contributed by atoms with Crippen LogP contribution in [0.25, 0.3) is 10.1 Å². The fraction of sp³-hybridized carbons (Fsp3) is 0.385. The van der Waals surface area contributed by atoms with Gasteiger partial charge < -0.3 is 5.32 Å². The molecule has 0 radical (unpaired) electrons. The van der Waals surface area contributed by atoms with Crippen molar-refractivity contribution in [3.05, 3.63) is 29.6 Å². The predicted octanol–water partition coefficient (Wildman–Crippen LogP) is 2.64. The van der Waals surface area contributed by atoms with Crippen LogP contribution in [0.2, 0.25) is 0 Å². The van der Waals surface area contributed by atoms with Gasteiger partial charge in [-0.25, -0.2) is 8.42 Å². The molecule has 0 atom stereocenters. The topological polar surface area (TPSA) is 58.2 Å². The van der Waals surface area contributed by atoms with E-state index in [1.165, 1.54) is 0 Å². The molecule has 0 spiro atoms. The Morgan fingerprint density at radius 3 is 2.84 bits per heavy atom. The lowest BCUT2D eigenvalue weighted by Gasteiger charge is -2.08. The third kappa shape index (κ3) is 4.19. The summed E-state index contributed by atoms with van der Waals surface area (Å²) in [5.41, 5.74) is 0.638.